The monoisotopic (exact) mass is 996 g/mol. The van der Waals surface area contributed by atoms with Gasteiger partial charge in [-0.05, 0) is 98.2 Å². The molecule has 2 unspecified atom stereocenters. The number of carbonyl (C=O) groups excluding carboxylic acids is 5. The summed E-state index contributed by atoms with van der Waals surface area (Å²) in [6.45, 7) is 21.3. The fourth-order valence-electron chi connectivity index (χ4n) is 10.8. The lowest BCUT2D eigenvalue weighted by Gasteiger charge is -2.50. The van der Waals surface area contributed by atoms with E-state index in [9.17, 15) is 24.0 Å². The average molecular weight is 996 g/mol. The molecule has 2 aromatic carbocycles. The van der Waals surface area contributed by atoms with E-state index in [1.807, 2.05) is 60.5 Å². The lowest BCUT2D eigenvalue weighted by Crippen LogP contribution is -2.62. The van der Waals surface area contributed by atoms with E-state index in [1.165, 1.54) is 14.2 Å². The van der Waals surface area contributed by atoms with Gasteiger partial charge < -0.3 is 57.0 Å². The third-order valence-corrected chi connectivity index (χ3v) is 14.8. The van der Waals surface area contributed by atoms with Crippen LogP contribution in [0.15, 0.2) is 72.8 Å². The van der Waals surface area contributed by atoms with E-state index in [0.717, 1.165) is 0 Å². The molecule has 3 saturated heterocycles. The van der Waals surface area contributed by atoms with E-state index in [-0.39, 0.29) is 31.4 Å². The number of benzene rings is 2. The third-order valence-electron chi connectivity index (χ3n) is 14.8. The zero-order chi connectivity index (χ0) is 52.4. The Kier molecular flexibility index (Phi) is 20.3. The molecular formula is C54H77NO16. The number of likely N-dealkylation sites (N-methyl/N-ethyl adjacent to an activating group) is 1. The SMILES string of the molecule is C=C1[C@@H](CC)OC(=O)[C@H](C)[C@@H](OC2C[C@@](C)(OC)[C@@H](OC(=O)c3ccccc3)[C@H](C)O2)[C@H](C)[C@@H](OC2O[C@H](C)C[C@H](N(C)C)[C@H]2OC(=O)c2ccccc2)[C@](C)(OC)C[C@@H](C)[C@H](OC=O)[C@H](C)[C@H]1OC=O. The van der Waals surface area contributed by atoms with Gasteiger partial charge in [0.2, 0.25) is 0 Å². The molecule has 71 heavy (non-hydrogen) atoms. The van der Waals surface area contributed by atoms with E-state index >= 15 is 0 Å². The van der Waals surface area contributed by atoms with Gasteiger partial charge in [0.15, 0.2) is 24.8 Å². The Balaban J connectivity index is 1.65. The maximum Gasteiger partial charge on any atom is 0.338 e. The highest BCUT2D eigenvalue weighted by Gasteiger charge is 2.55. The van der Waals surface area contributed by atoms with Crippen LogP contribution in [0.2, 0.25) is 0 Å². The number of methoxy groups -OCH3 is 2. The summed E-state index contributed by atoms with van der Waals surface area (Å²) in [6.07, 6.45) is -9.27. The Labute approximate surface area is 419 Å². The van der Waals surface area contributed by atoms with Crippen LogP contribution < -0.4 is 0 Å². The Hall–Kier alpha value is -4.75. The fourth-order valence-corrected chi connectivity index (χ4v) is 10.8. The number of hydrogen-bond donors (Lipinski definition) is 0. The van der Waals surface area contributed by atoms with E-state index in [2.05, 4.69) is 6.58 Å². The summed E-state index contributed by atoms with van der Waals surface area (Å²) in [5, 5.41) is 0. The lowest BCUT2D eigenvalue weighted by atomic mass is 9.74. The summed E-state index contributed by atoms with van der Waals surface area (Å²) in [4.78, 5) is 68.5. The van der Waals surface area contributed by atoms with Crippen molar-refractivity contribution in [1.29, 1.82) is 0 Å². The Morgan fingerprint density at radius 2 is 1.31 bits per heavy atom. The molecular weight excluding hydrogens is 919 g/mol. The number of ether oxygens (including phenoxy) is 11. The maximum atomic E-state index is 14.8. The summed E-state index contributed by atoms with van der Waals surface area (Å²) in [6, 6.07) is 16.9. The van der Waals surface area contributed by atoms with Gasteiger partial charge in [-0.25, -0.2) is 9.59 Å². The van der Waals surface area contributed by atoms with Crippen LogP contribution in [0, 0.1) is 23.7 Å². The second-order valence-corrected chi connectivity index (χ2v) is 20.1. The molecule has 0 radical (unpaired) electrons. The molecule has 0 aliphatic carbocycles. The fraction of sp³-hybridized carbons (Fsp3) is 0.648. The summed E-state index contributed by atoms with van der Waals surface area (Å²) in [5.41, 5.74) is -1.47. The largest absolute Gasteiger partial charge is 0.464 e. The molecule has 3 aliphatic rings. The molecule has 3 fully saturated rings. The van der Waals surface area contributed by atoms with Gasteiger partial charge in [-0.2, -0.15) is 0 Å². The smallest absolute Gasteiger partial charge is 0.338 e. The number of rotatable bonds is 16. The number of cyclic esters (lactones) is 1. The minimum atomic E-state index is -1.33. The zero-order valence-corrected chi connectivity index (χ0v) is 43.7. The first-order valence-electron chi connectivity index (χ1n) is 24.6. The minimum absolute atomic E-state index is 0.0582. The Bertz CT molecular complexity index is 2070. The van der Waals surface area contributed by atoms with Gasteiger partial charge in [0.25, 0.3) is 12.9 Å². The van der Waals surface area contributed by atoms with Crippen molar-refractivity contribution in [3.63, 3.8) is 0 Å². The van der Waals surface area contributed by atoms with Crippen molar-refractivity contribution in [1.82, 2.24) is 4.90 Å². The van der Waals surface area contributed by atoms with Crippen LogP contribution in [0.1, 0.15) is 109 Å². The molecule has 0 bridgehead atoms. The Morgan fingerprint density at radius 3 is 1.85 bits per heavy atom. The van der Waals surface area contributed by atoms with Crippen LogP contribution in [0.25, 0.3) is 0 Å². The molecule has 0 aromatic heterocycles. The zero-order valence-electron chi connectivity index (χ0n) is 43.7. The Morgan fingerprint density at radius 1 is 0.746 bits per heavy atom. The molecule has 3 heterocycles. The van der Waals surface area contributed by atoms with Crippen molar-refractivity contribution in [3.05, 3.63) is 83.9 Å². The minimum Gasteiger partial charge on any atom is -0.464 e. The molecule has 0 N–H and O–H groups in total. The highest BCUT2D eigenvalue weighted by Crippen LogP contribution is 2.43. The second kappa shape index (κ2) is 25.3. The summed E-state index contributed by atoms with van der Waals surface area (Å²) in [7, 11) is 6.84. The molecule has 18 atom stereocenters. The van der Waals surface area contributed by atoms with Crippen molar-refractivity contribution in [2.24, 2.45) is 23.7 Å². The van der Waals surface area contributed by atoms with Crippen LogP contribution >= 0.6 is 0 Å². The molecule has 394 valence electrons. The van der Waals surface area contributed by atoms with Crippen molar-refractivity contribution in [2.75, 3.05) is 28.3 Å². The summed E-state index contributed by atoms with van der Waals surface area (Å²) >= 11 is 0. The maximum absolute atomic E-state index is 14.8. The predicted molar refractivity (Wildman–Crippen MR) is 260 cm³/mol. The van der Waals surface area contributed by atoms with Crippen LogP contribution in [0.4, 0.5) is 0 Å². The number of esters is 3. The van der Waals surface area contributed by atoms with Crippen molar-refractivity contribution in [2.45, 2.75) is 173 Å². The van der Waals surface area contributed by atoms with Gasteiger partial charge in [-0.3, -0.25) is 14.4 Å². The van der Waals surface area contributed by atoms with E-state index in [1.54, 1.807) is 81.4 Å². The van der Waals surface area contributed by atoms with Crippen LogP contribution in [-0.4, -0.2) is 149 Å². The van der Waals surface area contributed by atoms with Gasteiger partial charge in [0, 0.05) is 38.0 Å². The van der Waals surface area contributed by atoms with Crippen molar-refractivity contribution >= 4 is 30.9 Å². The first-order valence-corrected chi connectivity index (χ1v) is 24.6. The third kappa shape index (κ3) is 13.5. The van der Waals surface area contributed by atoms with Crippen molar-refractivity contribution < 1.29 is 76.1 Å². The average Bonchev–Trinajstić information content (AvgIpc) is 3.35. The molecule has 3 aliphatic heterocycles. The molecule has 0 amide bonds. The van der Waals surface area contributed by atoms with E-state index < -0.39 is 114 Å². The van der Waals surface area contributed by atoms with Crippen LogP contribution in [0.3, 0.4) is 0 Å². The normalized spacial score (nSPS) is 37.4. The number of carbonyl (C=O) groups is 5. The molecule has 0 saturated carbocycles. The van der Waals surface area contributed by atoms with Crippen LogP contribution in [0.5, 0.6) is 0 Å². The highest BCUT2D eigenvalue weighted by molar-refractivity contribution is 5.90. The van der Waals surface area contributed by atoms with E-state index in [4.69, 9.17) is 52.1 Å². The molecule has 2 aromatic rings. The van der Waals surface area contributed by atoms with Gasteiger partial charge in [-0.1, -0.05) is 70.7 Å². The van der Waals surface area contributed by atoms with E-state index in [0.29, 0.717) is 36.1 Å². The number of nitrogens with zero attached hydrogens (tertiary/aromatic N) is 1. The van der Waals surface area contributed by atoms with Crippen molar-refractivity contribution in [3.8, 4) is 0 Å². The summed E-state index contributed by atoms with van der Waals surface area (Å²) < 4.78 is 70.4. The number of hydrogen-bond acceptors (Lipinski definition) is 17. The van der Waals surface area contributed by atoms with Gasteiger partial charge in [-0.15, -0.1) is 0 Å². The first kappa shape index (κ1) is 57.2. The predicted octanol–water partition coefficient (Wildman–Crippen LogP) is 7.13. The first-order chi connectivity index (χ1) is 33.7. The molecule has 17 nitrogen and oxygen atoms in total. The topological polar surface area (TPSA) is 190 Å². The molecule has 0 spiro atoms. The highest BCUT2D eigenvalue weighted by atomic mass is 16.7. The quantitative estimate of drug-likeness (QED) is 0.0714. The summed E-state index contributed by atoms with van der Waals surface area (Å²) in [5.74, 6) is -4.86. The van der Waals surface area contributed by atoms with Gasteiger partial charge in [0.1, 0.15) is 23.9 Å². The molecule has 17 heteroatoms. The van der Waals surface area contributed by atoms with Crippen LogP contribution in [-0.2, 0) is 66.5 Å². The van der Waals surface area contributed by atoms with Gasteiger partial charge in [0.05, 0.1) is 53.1 Å². The van der Waals surface area contributed by atoms with Gasteiger partial charge >= 0.3 is 17.9 Å². The molecule has 5 rings (SSSR count). The second-order valence-electron chi connectivity index (χ2n) is 20.1. The standard InChI is InChI=1S/C54H77NO16/c1-15-41-33(4)44(64-30-57)34(5)43(63-29-56)31(2)27-53(9,61-13)47(71-52-46(40(55(11)12)26-32(3)65-52)69-50(59)38-22-18-16-19-23-38)35(6)45(36(7)49(58)67-41)68-42-28-54(10,62-14)48(37(8)66-42)70-51(60)39-24-20-17-21-25-39/h16-25,29-32,34-37,40-48,52H,4,15,26-28H2,1-3,5-14H3/t31-,32-,34+,35+,36-,37+,40+,41-,42?,43+,44+,45+,46-,47-,48+,52?,53-,54-/m1/s1. The lowest BCUT2D eigenvalue weighted by molar-refractivity contribution is -0.319.